The maximum absolute atomic E-state index is 5.83. The molecule has 0 unspecified atom stereocenters. The van der Waals surface area contributed by atoms with E-state index in [0.29, 0.717) is 6.54 Å². The topological polar surface area (TPSA) is 35.2 Å². The first kappa shape index (κ1) is 13.1. The van der Waals surface area contributed by atoms with Crippen molar-refractivity contribution in [3.63, 3.8) is 0 Å². The van der Waals surface area contributed by atoms with Crippen LogP contribution < -0.4 is 10.5 Å². The van der Waals surface area contributed by atoms with E-state index in [1.54, 1.807) is 18.4 Å². The van der Waals surface area contributed by atoms with Crippen molar-refractivity contribution in [1.29, 1.82) is 0 Å². The number of hydrogen-bond donors (Lipinski definition) is 1. The molecule has 1 heterocycles. The summed E-state index contributed by atoms with van der Waals surface area (Å²) in [4.78, 5) is 1.29. The zero-order valence-corrected chi connectivity index (χ0v) is 12.1. The van der Waals surface area contributed by atoms with Gasteiger partial charge in [-0.15, -0.1) is 11.3 Å². The Bertz CT molecular complexity index is 572. The molecule has 18 heavy (non-hydrogen) atoms. The van der Waals surface area contributed by atoms with Gasteiger partial charge in [-0.3, -0.25) is 0 Å². The first-order valence-electron chi connectivity index (χ1n) is 6.01. The fourth-order valence-electron chi connectivity index (χ4n) is 2.43. The lowest BCUT2D eigenvalue weighted by Crippen LogP contribution is -1.99. The van der Waals surface area contributed by atoms with Crippen LogP contribution in [0.15, 0.2) is 17.5 Å². The van der Waals surface area contributed by atoms with Gasteiger partial charge < -0.3 is 10.5 Å². The molecule has 0 fully saturated rings. The molecule has 0 bridgehead atoms. The second-order valence-electron chi connectivity index (χ2n) is 4.56. The fraction of sp³-hybridized carbons (Fsp3) is 0.333. The van der Waals surface area contributed by atoms with E-state index < -0.39 is 0 Å². The molecule has 0 amide bonds. The van der Waals surface area contributed by atoms with E-state index in [4.69, 9.17) is 10.5 Å². The normalized spacial score (nSPS) is 10.7. The van der Waals surface area contributed by atoms with Crippen LogP contribution in [0.5, 0.6) is 5.75 Å². The molecular weight excluding hydrogens is 242 g/mol. The van der Waals surface area contributed by atoms with Crippen molar-refractivity contribution in [3.05, 3.63) is 39.1 Å². The van der Waals surface area contributed by atoms with Gasteiger partial charge in [-0.2, -0.15) is 0 Å². The Balaban J connectivity index is 2.73. The van der Waals surface area contributed by atoms with E-state index in [1.807, 2.05) is 0 Å². The largest absolute Gasteiger partial charge is 0.496 e. The Kier molecular flexibility index (Phi) is 3.73. The molecule has 2 aromatic rings. The Morgan fingerprint density at radius 1 is 1.22 bits per heavy atom. The molecule has 0 radical (unpaired) electrons. The Morgan fingerprint density at radius 2 is 1.94 bits per heavy atom. The van der Waals surface area contributed by atoms with Crippen LogP contribution in [0.3, 0.4) is 0 Å². The summed E-state index contributed by atoms with van der Waals surface area (Å²) >= 11 is 1.75. The third-order valence-electron chi connectivity index (χ3n) is 3.16. The summed E-state index contributed by atoms with van der Waals surface area (Å²) in [5.74, 6) is 0.955. The van der Waals surface area contributed by atoms with Gasteiger partial charge >= 0.3 is 0 Å². The number of rotatable bonds is 3. The van der Waals surface area contributed by atoms with Crippen molar-refractivity contribution in [2.75, 3.05) is 7.11 Å². The summed E-state index contributed by atoms with van der Waals surface area (Å²) in [6, 6.07) is 4.33. The lowest BCUT2D eigenvalue weighted by molar-refractivity contribution is 0.413. The van der Waals surface area contributed by atoms with E-state index in [0.717, 1.165) is 11.3 Å². The molecular formula is C15H19NOS. The smallest absolute Gasteiger partial charge is 0.129 e. The summed E-state index contributed by atoms with van der Waals surface area (Å²) in [6.45, 7) is 6.89. The summed E-state index contributed by atoms with van der Waals surface area (Å²) in [5, 5.41) is 2.14. The summed E-state index contributed by atoms with van der Waals surface area (Å²) in [5.41, 5.74) is 11.8. The van der Waals surface area contributed by atoms with E-state index in [9.17, 15) is 0 Å². The van der Waals surface area contributed by atoms with Gasteiger partial charge in [0, 0.05) is 22.5 Å². The molecule has 0 aliphatic carbocycles. The molecule has 3 heteroatoms. The fourth-order valence-corrected chi connectivity index (χ4v) is 3.32. The first-order chi connectivity index (χ1) is 8.58. The van der Waals surface area contributed by atoms with Crippen LogP contribution in [0, 0.1) is 20.8 Å². The van der Waals surface area contributed by atoms with Gasteiger partial charge in [0.05, 0.1) is 7.11 Å². The molecule has 0 aliphatic rings. The highest BCUT2D eigenvalue weighted by atomic mass is 32.1. The van der Waals surface area contributed by atoms with Gasteiger partial charge in [-0.25, -0.2) is 0 Å². The van der Waals surface area contributed by atoms with Crippen molar-refractivity contribution >= 4 is 11.3 Å². The quantitative estimate of drug-likeness (QED) is 0.912. The molecule has 0 spiro atoms. The summed E-state index contributed by atoms with van der Waals surface area (Å²) in [7, 11) is 1.73. The van der Waals surface area contributed by atoms with Gasteiger partial charge in [0.2, 0.25) is 0 Å². The number of ether oxygens (including phenoxy) is 1. The summed E-state index contributed by atoms with van der Waals surface area (Å²) < 4.78 is 5.57. The van der Waals surface area contributed by atoms with Gasteiger partial charge in [0.25, 0.3) is 0 Å². The monoisotopic (exact) mass is 261 g/mol. The Morgan fingerprint density at radius 3 is 2.56 bits per heavy atom. The molecule has 0 atom stereocenters. The van der Waals surface area contributed by atoms with E-state index in [1.165, 1.54) is 27.1 Å². The van der Waals surface area contributed by atoms with Crippen molar-refractivity contribution in [1.82, 2.24) is 0 Å². The molecule has 0 aliphatic heterocycles. The molecule has 1 aromatic heterocycles. The minimum absolute atomic E-state index is 0.565. The van der Waals surface area contributed by atoms with E-state index in [-0.39, 0.29) is 0 Å². The lowest BCUT2D eigenvalue weighted by Gasteiger charge is -2.14. The number of hydrogen-bond acceptors (Lipinski definition) is 3. The maximum atomic E-state index is 5.83. The predicted octanol–water partition coefficient (Wildman–Crippen LogP) is 3.81. The van der Waals surface area contributed by atoms with Crippen LogP contribution >= 0.6 is 11.3 Å². The van der Waals surface area contributed by atoms with E-state index in [2.05, 4.69) is 38.3 Å². The maximum Gasteiger partial charge on any atom is 0.129 e. The molecule has 1 aromatic carbocycles. The number of thiophene rings is 1. The minimum Gasteiger partial charge on any atom is -0.496 e. The van der Waals surface area contributed by atoms with Crippen molar-refractivity contribution < 1.29 is 4.74 Å². The second-order valence-corrected chi connectivity index (χ2v) is 5.64. The van der Waals surface area contributed by atoms with E-state index >= 15 is 0 Å². The minimum atomic E-state index is 0.565. The van der Waals surface area contributed by atoms with Crippen LogP contribution in [-0.2, 0) is 6.54 Å². The zero-order valence-electron chi connectivity index (χ0n) is 11.3. The molecule has 2 rings (SSSR count). The third kappa shape index (κ3) is 2.16. The van der Waals surface area contributed by atoms with Crippen molar-refractivity contribution in [3.8, 4) is 16.9 Å². The summed E-state index contributed by atoms with van der Waals surface area (Å²) in [6.07, 6.45) is 0. The van der Waals surface area contributed by atoms with Crippen molar-refractivity contribution in [2.45, 2.75) is 27.3 Å². The highest BCUT2D eigenvalue weighted by molar-refractivity contribution is 7.10. The molecule has 0 saturated carbocycles. The van der Waals surface area contributed by atoms with Gasteiger partial charge in [-0.1, -0.05) is 6.07 Å². The number of benzene rings is 1. The van der Waals surface area contributed by atoms with Crippen molar-refractivity contribution in [2.24, 2.45) is 5.73 Å². The zero-order chi connectivity index (χ0) is 13.3. The van der Waals surface area contributed by atoms with Crippen LogP contribution in [0.4, 0.5) is 0 Å². The molecule has 2 nitrogen and oxygen atoms in total. The average molecular weight is 261 g/mol. The average Bonchev–Trinajstić information content (AvgIpc) is 2.69. The standard InChI is InChI=1S/C15H19NOS/c1-9-5-10(2)15(17-4)13(6-9)14-11(3)18-8-12(14)7-16/h5-6,8H,7,16H2,1-4H3. The second kappa shape index (κ2) is 5.12. The SMILES string of the molecule is COc1c(C)cc(C)cc1-c1c(CN)csc1C. The predicted molar refractivity (Wildman–Crippen MR) is 78.4 cm³/mol. The van der Waals surface area contributed by atoms with Crippen LogP contribution in [0.1, 0.15) is 21.6 Å². The van der Waals surface area contributed by atoms with Crippen LogP contribution in [-0.4, -0.2) is 7.11 Å². The number of methoxy groups -OCH3 is 1. The third-order valence-corrected chi connectivity index (χ3v) is 4.12. The Labute approximate surface area is 112 Å². The van der Waals surface area contributed by atoms with Gasteiger partial charge in [0.1, 0.15) is 5.75 Å². The molecule has 0 saturated heterocycles. The van der Waals surface area contributed by atoms with Crippen LogP contribution in [0.2, 0.25) is 0 Å². The first-order valence-corrected chi connectivity index (χ1v) is 6.89. The van der Waals surface area contributed by atoms with Gasteiger partial charge in [-0.05, 0) is 48.9 Å². The molecule has 96 valence electrons. The van der Waals surface area contributed by atoms with Crippen LogP contribution in [0.25, 0.3) is 11.1 Å². The number of nitrogens with two attached hydrogens (primary N) is 1. The lowest BCUT2D eigenvalue weighted by atomic mass is 9.96. The highest BCUT2D eigenvalue weighted by Crippen LogP contribution is 2.40. The van der Waals surface area contributed by atoms with Gasteiger partial charge in [0.15, 0.2) is 0 Å². The molecule has 2 N–H and O–H groups in total. The highest BCUT2D eigenvalue weighted by Gasteiger charge is 2.16. The number of aryl methyl sites for hydroxylation is 3. The Hall–Kier alpha value is -1.32.